The van der Waals surface area contributed by atoms with Crippen LogP contribution in [0.25, 0.3) is 10.9 Å². The van der Waals surface area contributed by atoms with Crippen molar-refractivity contribution in [1.29, 1.82) is 0 Å². The molecule has 1 aromatic carbocycles. The van der Waals surface area contributed by atoms with Gasteiger partial charge in [0.1, 0.15) is 0 Å². The fourth-order valence-corrected chi connectivity index (χ4v) is 5.86. The molecule has 0 unspecified atom stereocenters. The average molecular weight is 446 g/mol. The Kier molecular flexibility index (Phi) is 7.91. The Morgan fingerprint density at radius 1 is 1.10 bits per heavy atom. The van der Waals surface area contributed by atoms with Crippen molar-refractivity contribution in [2.24, 2.45) is 0 Å². The van der Waals surface area contributed by atoms with E-state index in [4.69, 9.17) is 16.6 Å². The number of aromatic nitrogens is 1. The third kappa shape index (κ3) is 5.68. The summed E-state index contributed by atoms with van der Waals surface area (Å²) in [5.41, 5.74) is 3.48. The summed E-state index contributed by atoms with van der Waals surface area (Å²) in [7, 11) is 0. The summed E-state index contributed by atoms with van der Waals surface area (Å²) in [5, 5.41) is 4.96. The molecule has 6 heteroatoms. The number of hydrogen-bond donors (Lipinski definition) is 1. The van der Waals surface area contributed by atoms with Crippen molar-refractivity contribution >= 4 is 40.2 Å². The Hall–Kier alpha value is -1.30. The van der Waals surface area contributed by atoms with Crippen molar-refractivity contribution in [2.45, 2.75) is 62.7 Å². The van der Waals surface area contributed by atoms with Gasteiger partial charge in [-0.3, -0.25) is 9.78 Å². The minimum atomic E-state index is 0.124. The number of hydrogen-bond acceptors (Lipinski definition) is 4. The molecular weight excluding hydrogens is 414 g/mol. The number of thioether (sulfide) groups is 1. The Labute approximate surface area is 189 Å². The van der Waals surface area contributed by atoms with E-state index in [-0.39, 0.29) is 5.91 Å². The SMILES string of the molecule is O=C(CSc1c2c(nc3cc(Cl)ccc13)CCCC2)NCCCN1CCCCCC1. The van der Waals surface area contributed by atoms with Gasteiger partial charge in [-0.05, 0) is 82.3 Å². The molecule has 1 aliphatic heterocycles. The van der Waals surface area contributed by atoms with E-state index >= 15 is 0 Å². The van der Waals surface area contributed by atoms with E-state index in [1.807, 2.05) is 12.1 Å². The number of nitrogens with zero attached hydrogens (tertiary/aromatic N) is 2. The highest BCUT2D eigenvalue weighted by atomic mass is 35.5. The number of rotatable bonds is 7. The molecule has 162 valence electrons. The van der Waals surface area contributed by atoms with E-state index in [2.05, 4.69) is 16.3 Å². The average Bonchev–Trinajstić information content (AvgIpc) is 3.03. The summed E-state index contributed by atoms with van der Waals surface area (Å²) in [6.07, 6.45) is 10.9. The minimum absolute atomic E-state index is 0.124. The Bertz CT molecular complexity index is 880. The molecule has 0 radical (unpaired) electrons. The number of carbonyl (C=O) groups is 1. The highest BCUT2D eigenvalue weighted by molar-refractivity contribution is 8.00. The zero-order valence-corrected chi connectivity index (χ0v) is 19.3. The highest BCUT2D eigenvalue weighted by Crippen LogP contribution is 2.36. The van der Waals surface area contributed by atoms with Crippen LogP contribution in [0.2, 0.25) is 5.02 Å². The van der Waals surface area contributed by atoms with Crippen LogP contribution < -0.4 is 5.32 Å². The molecule has 30 heavy (non-hydrogen) atoms. The topological polar surface area (TPSA) is 45.2 Å². The van der Waals surface area contributed by atoms with Gasteiger partial charge >= 0.3 is 0 Å². The van der Waals surface area contributed by atoms with Gasteiger partial charge in [0.2, 0.25) is 5.91 Å². The van der Waals surface area contributed by atoms with Crippen LogP contribution in [0, 0.1) is 0 Å². The van der Waals surface area contributed by atoms with Gasteiger partial charge in [-0.15, -0.1) is 11.8 Å². The molecule has 1 N–H and O–H groups in total. The van der Waals surface area contributed by atoms with Crippen molar-refractivity contribution < 1.29 is 4.79 Å². The molecule has 0 bridgehead atoms. The first-order valence-corrected chi connectivity index (χ1v) is 12.8. The number of halogens is 1. The van der Waals surface area contributed by atoms with E-state index in [9.17, 15) is 4.79 Å². The Balaban J connectivity index is 1.33. The second kappa shape index (κ2) is 10.8. The number of nitrogens with one attached hydrogen (secondary N) is 1. The summed E-state index contributed by atoms with van der Waals surface area (Å²) in [6, 6.07) is 5.92. The second-order valence-electron chi connectivity index (χ2n) is 8.48. The van der Waals surface area contributed by atoms with Gasteiger partial charge in [-0.2, -0.15) is 0 Å². The second-order valence-corrected chi connectivity index (χ2v) is 9.90. The number of benzene rings is 1. The van der Waals surface area contributed by atoms with Gasteiger partial charge in [-0.1, -0.05) is 30.5 Å². The molecule has 0 spiro atoms. The molecule has 1 aromatic heterocycles. The third-order valence-electron chi connectivity index (χ3n) is 6.19. The van der Waals surface area contributed by atoms with Crippen LogP contribution in [-0.2, 0) is 17.6 Å². The van der Waals surface area contributed by atoms with E-state index < -0.39 is 0 Å². The molecule has 0 atom stereocenters. The first-order valence-electron chi connectivity index (χ1n) is 11.4. The number of likely N-dealkylation sites (tertiary alicyclic amines) is 1. The highest BCUT2D eigenvalue weighted by Gasteiger charge is 2.19. The third-order valence-corrected chi connectivity index (χ3v) is 7.59. The maximum atomic E-state index is 12.5. The molecule has 0 saturated carbocycles. The lowest BCUT2D eigenvalue weighted by Crippen LogP contribution is -2.31. The van der Waals surface area contributed by atoms with Crippen LogP contribution in [0.15, 0.2) is 23.1 Å². The lowest BCUT2D eigenvalue weighted by atomic mass is 9.94. The zero-order chi connectivity index (χ0) is 20.8. The molecule has 1 fully saturated rings. The lowest BCUT2D eigenvalue weighted by Gasteiger charge is -2.21. The number of fused-ring (bicyclic) bond motifs is 2. The predicted octanol–water partition coefficient (Wildman–Crippen LogP) is 5.24. The van der Waals surface area contributed by atoms with Crippen molar-refractivity contribution in [3.8, 4) is 0 Å². The van der Waals surface area contributed by atoms with Crippen LogP contribution >= 0.6 is 23.4 Å². The first-order chi connectivity index (χ1) is 14.7. The van der Waals surface area contributed by atoms with Crippen LogP contribution in [0.1, 0.15) is 56.2 Å². The maximum absolute atomic E-state index is 12.5. The van der Waals surface area contributed by atoms with Crippen LogP contribution in [0.5, 0.6) is 0 Å². The number of carbonyl (C=O) groups excluding carboxylic acids is 1. The van der Waals surface area contributed by atoms with Gasteiger partial charge in [0.15, 0.2) is 0 Å². The maximum Gasteiger partial charge on any atom is 0.230 e. The fourth-order valence-electron chi connectivity index (χ4n) is 4.60. The Morgan fingerprint density at radius 3 is 2.73 bits per heavy atom. The molecule has 2 aromatic rings. The Morgan fingerprint density at radius 2 is 1.90 bits per heavy atom. The van der Waals surface area contributed by atoms with Crippen molar-refractivity contribution in [1.82, 2.24) is 15.2 Å². The smallest absolute Gasteiger partial charge is 0.230 e. The van der Waals surface area contributed by atoms with Crippen molar-refractivity contribution in [2.75, 3.05) is 31.9 Å². The zero-order valence-electron chi connectivity index (χ0n) is 17.7. The van der Waals surface area contributed by atoms with Gasteiger partial charge in [-0.25, -0.2) is 0 Å². The molecule has 2 heterocycles. The summed E-state index contributed by atoms with van der Waals surface area (Å²) in [5.74, 6) is 0.581. The van der Waals surface area contributed by atoms with Gasteiger partial charge in [0.05, 0.1) is 11.3 Å². The molecule has 1 aliphatic carbocycles. The molecule has 1 saturated heterocycles. The van der Waals surface area contributed by atoms with E-state index in [0.717, 1.165) is 43.3 Å². The molecular formula is C24H32ClN3OS. The molecule has 4 nitrogen and oxygen atoms in total. The molecule has 1 amide bonds. The number of pyridine rings is 1. The quantitative estimate of drug-likeness (QED) is 0.467. The fraction of sp³-hybridized carbons (Fsp3) is 0.583. The monoisotopic (exact) mass is 445 g/mol. The normalized spacial score (nSPS) is 17.5. The van der Waals surface area contributed by atoms with Gasteiger partial charge in [0.25, 0.3) is 0 Å². The van der Waals surface area contributed by atoms with E-state index in [1.54, 1.807) is 11.8 Å². The molecule has 4 rings (SSSR count). The summed E-state index contributed by atoms with van der Waals surface area (Å²) in [6.45, 7) is 4.29. The van der Waals surface area contributed by atoms with E-state index in [0.29, 0.717) is 10.8 Å². The minimum Gasteiger partial charge on any atom is -0.355 e. The largest absolute Gasteiger partial charge is 0.355 e. The number of amides is 1. The van der Waals surface area contributed by atoms with Gasteiger partial charge < -0.3 is 10.2 Å². The predicted molar refractivity (Wildman–Crippen MR) is 127 cm³/mol. The van der Waals surface area contributed by atoms with Crippen molar-refractivity contribution in [3.05, 3.63) is 34.5 Å². The van der Waals surface area contributed by atoms with Crippen LogP contribution in [0.3, 0.4) is 0 Å². The van der Waals surface area contributed by atoms with Crippen molar-refractivity contribution in [3.63, 3.8) is 0 Å². The molecule has 2 aliphatic rings. The summed E-state index contributed by atoms with van der Waals surface area (Å²) >= 11 is 7.87. The standard InChI is InChI=1S/C24H32ClN3OS/c25-18-10-11-20-22(16-18)27-21-9-4-3-8-19(21)24(20)30-17-23(29)26-12-7-15-28-13-5-1-2-6-14-28/h10-11,16H,1-9,12-15,17H2,(H,26,29). The van der Waals surface area contributed by atoms with E-state index in [1.165, 1.54) is 67.8 Å². The first kappa shape index (κ1) is 21.9. The van der Waals surface area contributed by atoms with Crippen LogP contribution in [0.4, 0.5) is 0 Å². The summed E-state index contributed by atoms with van der Waals surface area (Å²) in [4.78, 5) is 21.1. The number of aryl methyl sites for hydroxylation is 1. The van der Waals surface area contributed by atoms with Gasteiger partial charge in [0, 0.05) is 27.5 Å². The summed E-state index contributed by atoms with van der Waals surface area (Å²) < 4.78 is 0. The lowest BCUT2D eigenvalue weighted by molar-refractivity contribution is -0.118. The van der Waals surface area contributed by atoms with Crippen LogP contribution in [-0.4, -0.2) is 47.7 Å².